The molecule has 0 spiro atoms. The molecule has 0 N–H and O–H groups in total. The van der Waals surface area contributed by atoms with E-state index in [1.807, 2.05) is 0 Å². The van der Waals surface area contributed by atoms with Crippen LogP contribution < -0.4 is 0 Å². The quantitative estimate of drug-likeness (QED) is 0.574. The second-order valence-electron chi connectivity index (χ2n) is 5.16. The van der Waals surface area contributed by atoms with Gasteiger partial charge in [-0.05, 0) is 59.7 Å². The van der Waals surface area contributed by atoms with Crippen LogP contribution in [0.4, 0.5) is 0 Å². The number of aryl methyl sites for hydroxylation is 3. The van der Waals surface area contributed by atoms with Crippen molar-refractivity contribution >= 4 is 27.5 Å². The minimum absolute atomic E-state index is 0.0901. The lowest BCUT2D eigenvalue weighted by Crippen LogP contribution is -2.00. The summed E-state index contributed by atoms with van der Waals surface area (Å²) in [4.78, 5) is 0. The van der Waals surface area contributed by atoms with Crippen LogP contribution in [0.25, 0.3) is 0 Å². The maximum Gasteiger partial charge on any atom is 0.0838 e. The zero-order valence-corrected chi connectivity index (χ0v) is 14.6. The minimum Gasteiger partial charge on any atom is -0.113 e. The summed E-state index contributed by atoms with van der Waals surface area (Å²) in [6, 6.07) is 13.1. The van der Waals surface area contributed by atoms with Gasteiger partial charge in [0.15, 0.2) is 0 Å². The van der Waals surface area contributed by atoms with Crippen LogP contribution in [0.15, 0.2) is 40.9 Å². The Bertz CT molecular complexity index is 584. The Morgan fingerprint density at radius 3 is 2.40 bits per heavy atom. The van der Waals surface area contributed by atoms with E-state index in [2.05, 4.69) is 73.1 Å². The van der Waals surface area contributed by atoms with E-state index in [0.717, 1.165) is 22.9 Å². The molecule has 0 fully saturated rings. The average molecular weight is 352 g/mol. The predicted octanol–water partition coefficient (Wildman–Crippen LogP) is 6.21. The molecule has 0 aliphatic carbocycles. The highest BCUT2D eigenvalue weighted by molar-refractivity contribution is 9.10. The number of halogens is 2. The summed E-state index contributed by atoms with van der Waals surface area (Å²) in [6.45, 7) is 6.46. The summed E-state index contributed by atoms with van der Waals surface area (Å²) < 4.78 is 1.09. The second-order valence-corrected chi connectivity index (χ2v) is 6.52. The van der Waals surface area contributed by atoms with Gasteiger partial charge in [-0.1, -0.05) is 54.0 Å². The van der Waals surface area contributed by atoms with Crippen molar-refractivity contribution in [1.82, 2.24) is 0 Å². The van der Waals surface area contributed by atoms with Crippen LogP contribution in [0.2, 0.25) is 0 Å². The van der Waals surface area contributed by atoms with Gasteiger partial charge >= 0.3 is 0 Å². The normalized spacial score (nSPS) is 12.4. The first-order chi connectivity index (χ1) is 9.55. The molecule has 2 rings (SSSR count). The van der Waals surface area contributed by atoms with Gasteiger partial charge in [0.1, 0.15) is 0 Å². The Kier molecular flexibility index (Phi) is 5.29. The van der Waals surface area contributed by atoms with Crippen molar-refractivity contribution in [3.8, 4) is 0 Å². The Morgan fingerprint density at radius 2 is 1.80 bits per heavy atom. The van der Waals surface area contributed by atoms with Crippen LogP contribution in [-0.2, 0) is 12.8 Å². The van der Waals surface area contributed by atoms with Crippen LogP contribution in [0.3, 0.4) is 0 Å². The molecule has 0 aliphatic rings. The fourth-order valence-electron chi connectivity index (χ4n) is 2.51. The lowest BCUT2D eigenvalue weighted by atomic mass is 9.94. The zero-order valence-electron chi connectivity index (χ0n) is 12.2. The molecule has 2 heteroatoms. The molecular weight excluding hydrogens is 332 g/mol. The molecule has 0 heterocycles. The maximum absolute atomic E-state index is 6.77. The standard InChI is InChI=1S/C18H20BrCl/c1-4-13-6-7-14(5-2)17(10-13)18(20)15-8-12(3)9-16(19)11-15/h6-11,18H,4-5H2,1-3H3. The highest BCUT2D eigenvalue weighted by Crippen LogP contribution is 2.34. The van der Waals surface area contributed by atoms with Gasteiger partial charge in [0.2, 0.25) is 0 Å². The summed E-state index contributed by atoms with van der Waals surface area (Å²) in [5.74, 6) is 0. The molecule has 106 valence electrons. The molecule has 0 aromatic heterocycles. The number of benzene rings is 2. The molecular formula is C18H20BrCl. The molecule has 0 saturated heterocycles. The largest absolute Gasteiger partial charge is 0.113 e. The van der Waals surface area contributed by atoms with Gasteiger partial charge in [0, 0.05) is 4.47 Å². The van der Waals surface area contributed by atoms with Crippen LogP contribution in [-0.4, -0.2) is 0 Å². The first-order valence-corrected chi connectivity index (χ1v) is 8.31. The van der Waals surface area contributed by atoms with E-state index in [1.165, 1.54) is 22.3 Å². The van der Waals surface area contributed by atoms with E-state index in [0.29, 0.717) is 0 Å². The fourth-order valence-corrected chi connectivity index (χ4v) is 3.47. The van der Waals surface area contributed by atoms with Crippen molar-refractivity contribution in [1.29, 1.82) is 0 Å². The van der Waals surface area contributed by atoms with Crippen LogP contribution in [0.1, 0.15) is 47.0 Å². The van der Waals surface area contributed by atoms with Gasteiger partial charge in [-0.15, -0.1) is 11.6 Å². The Balaban J connectivity index is 2.48. The van der Waals surface area contributed by atoms with E-state index in [-0.39, 0.29) is 5.38 Å². The lowest BCUT2D eigenvalue weighted by molar-refractivity contribution is 1.01. The Labute approximate surface area is 135 Å². The van der Waals surface area contributed by atoms with Crippen molar-refractivity contribution in [2.24, 2.45) is 0 Å². The van der Waals surface area contributed by atoms with Crippen molar-refractivity contribution in [2.75, 3.05) is 0 Å². The van der Waals surface area contributed by atoms with Gasteiger partial charge in [-0.2, -0.15) is 0 Å². The van der Waals surface area contributed by atoms with E-state index in [4.69, 9.17) is 11.6 Å². The van der Waals surface area contributed by atoms with E-state index < -0.39 is 0 Å². The first kappa shape index (κ1) is 15.6. The number of alkyl halides is 1. The third kappa shape index (κ3) is 3.45. The van der Waals surface area contributed by atoms with Crippen molar-refractivity contribution < 1.29 is 0 Å². The summed E-state index contributed by atoms with van der Waals surface area (Å²) in [7, 11) is 0. The SMILES string of the molecule is CCc1ccc(CC)c(C(Cl)c2cc(C)cc(Br)c2)c1. The average Bonchev–Trinajstić information content (AvgIpc) is 2.44. The minimum atomic E-state index is -0.0901. The van der Waals surface area contributed by atoms with E-state index in [1.54, 1.807) is 0 Å². The molecule has 1 unspecified atom stereocenters. The van der Waals surface area contributed by atoms with Gasteiger partial charge in [0.05, 0.1) is 5.38 Å². The molecule has 0 radical (unpaired) electrons. The predicted molar refractivity (Wildman–Crippen MR) is 91.8 cm³/mol. The Morgan fingerprint density at radius 1 is 1.05 bits per heavy atom. The summed E-state index contributed by atoms with van der Waals surface area (Å²) >= 11 is 10.3. The van der Waals surface area contributed by atoms with E-state index >= 15 is 0 Å². The maximum atomic E-state index is 6.77. The molecule has 0 bridgehead atoms. The van der Waals surface area contributed by atoms with Gasteiger partial charge in [-0.3, -0.25) is 0 Å². The number of hydrogen-bond acceptors (Lipinski definition) is 0. The zero-order chi connectivity index (χ0) is 14.7. The molecule has 0 amide bonds. The van der Waals surface area contributed by atoms with E-state index in [9.17, 15) is 0 Å². The van der Waals surface area contributed by atoms with Gasteiger partial charge < -0.3 is 0 Å². The fraction of sp³-hybridized carbons (Fsp3) is 0.333. The summed E-state index contributed by atoms with van der Waals surface area (Å²) in [5, 5.41) is -0.0901. The van der Waals surface area contributed by atoms with Gasteiger partial charge in [0.25, 0.3) is 0 Å². The molecule has 1 atom stereocenters. The number of hydrogen-bond donors (Lipinski definition) is 0. The summed E-state index contributed by atoms with van der Waals surface area (Å²) in [5.41, 5.74) is 6.30. The molecule has 2 aromatic rings. The smallest absolute Gasteiger partial charge is 0.0838 e. The highest BCUT2D eigenvalue weighted by atomic mass is 79.9. The van der Waals surface area contributed by atoms with Crippen molar-refractivity contribution in [3.63, 3.8) is 0 Å². The third-order valence-electron chi connectivity index (χ3n) is 3.63. The van der Waals surface area contributed by atoms with Crippen LogP contribution >= 0.6 is 27.5 Å². The second kappa shape index (κ2) is 6.78. The third-order valence-corrected chi connectivity index (χ3v) is 4.57. The summed E-state index contributed by atoms with van der Waals surface area (Å²) in [6.07, 6.45) is 2.05. The lowest BCUT2D eigenvalue weighted by Gasteiger charge is -2.17. The van der Waals surface area contributed by atoms with Crippen LogP contribution in [0, 0.1) is 6.92 Å². The molecule has 0 aliphatic heterocycles. The van der Waals surface area contributed by atoms with Crippen molar-refractivity contribution in [3.05, 3.63) is 68.7 Å². The van der Waals surface area contributed by atoms with Crippen molar-refractivity contribution in [2.45, 2.75) is 39.0 Å². The molecule has 2 aromatic carbocycles. The number of rotatable bonds is 4. The molecule has 20 heavy (non-hydrogen) atoms. The highest BCUT2D eigenvalue weighted by Gasteiger charge is 2.15. The monoisotopic (exact) mass is 350 g/mol. The molecule has 0 saturated carbocycles. The Hall–Kier alpha value is -0.790. The van der Waals surface area contributed by atoms with Gasteiger partial charge in [-0.25, -0.2) is 0 Å². The first-order valence-electron chi connectivity index (χ1n) is 7.08. The topological polar surface area (TPSA) is 0 Å². The molecule has 0 nitrogen and oxygen atoms in total. The van der Waals surface area contributed by atoms with Crippen LogP contribution in [0.5, 0.6) is 0 Å².